The molecule has 0 aliphatic carbocycles. The standard InChI is InChI=1S/C17H24N2OS/c1-3-8-18-15(13-9-12(2)20-11-13)10-17-19-14-6-4-5-7-16(14)21-17/h4-7,12-13,15,18H,3,8-11H2,1-2H3. The number of benzene rings is 1. The van der Waals surface area contributed by atoms with Gasteiger partial charge in [-0.3, -0.25) is 0 Å². The molecular weight excluding hydrogens is 280 g/mol. The fraction of sp³-hybridized carbons (Fsp3) is 0.588. The zero-order chi connectivity index (χ0) is 14.7. The Hall–Kier alpha value is -0.970. The molecule has 0 spiro atoms. The molecule has 21 heavy (non-hydrogen) atoms. The van der Waals surface area contributed by atoms with E-state index in [4.69, 9.17) is 9.72 Å². The molecule has 3 atom stereocenters. The Morgan fingerprint density at radius 1 is 1.43 bits per heavy atom. The summed E-state index contributed by atoms with van der Waals surface area (Å²) in [6, 6.07) is 8.89. The van der Waals surface area contributed by atoms with E-state index in [1.165, 1.54) is 16.1 Å². The Bertz CT molecular complexity index is 550. The number of fused-ring (bicyclic) bond motifs is 1. The van der Waals surface area contributed by atoms with E-state index in [0.29, 0.717) is 18.1 Å². The summed E-state index contributed by atoms with van der Waals surface area (Å²) in [6.07, 6.45) is 3.74. The van der Waals surface area contributed by atoms with Crippen LogP contribution in [0.2, 0.25) is 0 Å². The van der Waals surface area contributed by atoms with Gasteiger partial charge in [-0.2, -0.15) is 0 Å². The summed E-state index contributed by atoms with van der Waals surface area (Å²) < 4.78 is 7.06. The topological polar surface area (TPSA) is 34.2 Å². The molecule has 1 aliphatic rings. The minimum atomic E-state index is 0.399. The lowest BCUT2D eigenvalue weighted by Crippen LogP contribution is -2.39. The maximum absolute atomic E-state index is 5.77. The number of nitrogens with one attached hydrogen (secondary N) is 1. The molecule has 2 heterocycles. The largest absolute Gasteiger partial charge is 0.378 e. The van der Waals surface area contributed by atoms with Crippen LogP contribution in [0.4, 0.5) is 0 Å². The van der Waals surface area contributed by atoms with Crippen LogP contribution < -0.4 is 5.32 Å². The molecule has 0 radical (unpaired) electrons. The van der Waals surface area contributed by atoms with Gasteiger partial charge in [0.1, 0.15) is 0 Å². The van der Waals surface area contributed by atoms with E-state index in [1.807, 2.05) is 11.3 Å². The van der Waals surface area contributed by atoms with Crippen molar-refractivity contribution in [3.8, 4) is 0 Å². The van der Waals surface area contributed by atoms with Crippen molar-refractivity contribution in [3.05, 3.63) is 29.3 Å². The van der Waals surface area contributed by atoms with E-state index in [-0.39, 0.29) is 0 Å². The Morgan fingerprint density at radius 3 is 3.00 bits per heavy atom. The second-order valence-corrected chi connectivity index (χ2v) is 7.10. The number of thiazole rings is 1. The van der Waals surface area contributed by atoms with Crippen LogP contribution in [0.15, 0.2) is 24.3 Å². The van der Waals surface area contributed by atoms with Gasteiger partial charge in [-0.15, -0.1) is 11.3 Å². The Kier molecular flexibility index (Phi) is 4.88. The van der Waals surface area contributed by atoms with Crippen LogP contribution in [0, 0.1) is 5.92 Å². The van der Waals surface area contributed by atoms with Gasteiger partial charge < -0.3 is 10.1 Å². The molecule has 3 nitrogen and oxygen atoms in total. The van der Waals surface area contributed by atoms with E-state index < -0.39 is 0 Å². The second-order valence-electron chi connectivity index (χ2n) is 5.98. The highest BCUT2D eigenvalue weighted by molar-refractivity contribution is 7.18. The molecule has 1 saturated heterocycles. The maximum Gasteiger partial charge on any atom is 0.0954 e. The van der Waals surface area contributed by atoms with Crippen molar-refractivity contribution >= 4 is 21.6 Å². The first kappa shape index (κ1) is 14.9. The van der Waals surface area contributed by atoms with Crippen LogP contribution in [-0.2, 0) is 11.2 Å². The Morgan fingerprint density at radius 2 is 2.29 bits per heavy atom. The second kappa shape index (κ2) is 6.86. The molecule has 3 unspecified atom stereocenters. The molecule has 114 valence electrons. The predicted molar refractivity (Wildman–Crippen MR) is 88.9 cm³/mol. The smallest absolute Gasteiger partial charge is 0.0954 e. The van der Waals surface area contributed by atoms with Gasteiger partial charge in [0.25, 0.3) is 0 Å². The lowest BCUT2D eigenvalue weighted by atomic mass is 9.94. The maximum atomic E-state index is 5.77. The van der Waals surface area contributed by atoms with Gasteiger partial charge >= 0.3 is 0 Å². The molecule has 1 aliphatic heterocycles. The van der Waals surface area contributed by atoms with Crippen molar-refractivity contribution < 1.29 is 4.74 Å². The van der Waals surface area contributed by atoms with Gasteiger partial charge in [-0.1, -0.05) is 19.1 Å². The van der Waals surface area contributed by atoms with Crippen LogP contribution in [0.5, 0.6) is 0 Å². The van der Waals surface area contributed by atoms with E-state index in [9.17, 15) is 0 Å². The van der Waals surface area contributed by atoms with Crippen LogP contribution in [0.1, 0.15) is 31.7 Å². The van der Waals surface area contributed by atoms with Crippen molar-refractivity contribution in [3.63, 3.8) is 0 Å². The molecule has 1 N–H and O–H groups in total. The molecule has 4 heteroatoms. The predicted octanol–water partition coefficient (Wildman–Crippen LogP) is 3.63. The molecule has 1 aromatic carbocycles. The lowest BCUT2D eigenvalue weighted by Gasteiger charge is -2.23. The Labute approximate surface area is 130 Å². The van der Waals surface area contributed by atoms with Crippen LogP contribution in [0.3, 0.4) is 0 Å². The number of aromatic nitrogens is 1. The first-order valence-electron chi connectivity index (χ1n) is 7.95. The summed E-state index contributed by atoms with van der Waals surface area (Å²) in [4.78, 5) is 4.79. The number of hydrogen-bond donors (Lipinski definition) is 1. The third-order valence-corrected chi connectivity index (χ3v) is 5.25. The number of nitrogens with zero attached hydrogens (tertiary/aromatic N) is 1. The van der Waals surface area contributed by atoms with Gasteiger partial charge in [-0.05, 0) is 38.4 Å². The highest BCUT2D eigenvalue weighted by Gasteiger charge is 2.30. The highest BCUT2D eigenvalue weighted by atomic mass is 32.1. The van der Waals surface area contributed by atoms with E-state index >= 15 is 0 Å². The first-order valence-corrected chi connectivity index (χ1v) is 8.77. The van der Waals surface area contributed by atoms with Gasteiger partial charge in [0, 0.05) is 18.4 Å². The molecule has 3 rings (SSSR count). The third-order valence-electron chi connectivity index (χ3n) is 4.19. The van der Waals surface area contributed by atoms with Crippen molar-refractivity contribution in [2.45, 2.75) is 45.3 Å². The summed E-state index contributed by atoms with van der Waals surface area (Å²) in [5.74, 6) is 0.610. The van der Waals surface area contributed by atoms with Gasteiger partial charge in [0.15, 0.2) is 0 Å². The molecule has 0 saturated carbocycles. The molecule has 0 amide bonds. The highest BCUT2D eigenvalue weighted by Crippen LogP contribution is 2.27. The minimum Gasteiger partial charge on any atom is -0.378 e. The van der Waals surface area contributed by atoms with E-state index in [2.05, 4.69) is 43.4 Å². The average molecular weight is 304 g/mol. The quantitative estimate of drug-likeness (QED) is 0.885. The van der Waals surface area contributed by atoms with Gasteiger partial charge in [0.05, 0.1) is 27.9 Å². The molecule has 1 fully saturated rings. The SMILES string of the molecule is CCCNC(Cc1nc2ccccc2s1)C1COC(C)C1. The summed E-state index contributed by atoms with van der Waals surface area (Å²) in [6.45, 7) is 6.35. The molecule has 2 aromatic rings. The van der Waals surface area contributed by atoms with Crippen molar-refractivity contribution in [2.24, 2.45) is 5.92 Å². The monoisotopic (exact) mass is 304 g/mol. The summed E-state index contributed by atoms with van der Waals surface area (Å²) in [5.41, 5.74) is 1.13. The van der Waals surface area contributed by atoms with Crippen molar-refractivity contribution in [2.75, 3.05) is 13.2 Å². The zero-order valence-electron chi connectivity index (χ0n) is 12.8. The summed E-state index contributed by atoms with van der Waals surface area (Å²) in [5, 5.41) is 4.95. The van der Waals surface area contributed by atoms with E-state index in [1.54, 1.807) is 0 Å². The average Bonchev–Trinajstić information content (AvgIpc) is 3.08. The normalized spacial score (nSPS) is 23.7. The van der Waals surface area contributed by atoms with Gasteiger partial charge in [0.2, 0.25) is 0 Å². The summed E-state index contributed by atoms with van der Waals surface area (Å²) >= 11 is 1.83. The lowest BCUT2D eigenvalue weighted by molar-refractivity contribution is 0.117. The van der Waals surface area contributed by atoms with Crippen molar-refractivity contribution in [1.29, 1.82) is 0 Å². The summed E-state index contributed by atoms with van der Waals surface area (Å²) in [7, 11) is 0. The van der Waals surface area contributed by atoms with Gasteiger partial charge in [-0.25, -0.2) is 4.98 Å². The van der Waals surface area contributed by atoms with Crippen LogP contribution >= 0.6 is 11.3 Å². The number of para-hydroxylation sites is 1. The molecule has 0 bridgehead atoms. The number of hydrogen-bond acceptors (Lipinski definition) is 4. The fourth-order valence-electron chi connectivity index (χ4n) is 3.06. The fourth-order valence-corrected chi connectivity index (χ4v) is 4.09. The van der Waals surface area contributed by atoms with Crippen molar-refractivity contribution in [1.82, 2.24) is 10.3 Å². The Balaban J connectivity index is 1.73. The third kappa shape index (κ3) is 3.62. The van der Waals surface area contributed by atoms with Crippen LogP contribution in [0.25, 0.3) is 10.2 Å². The van der Waals surface area contributed by atoms with Crippen LogP contribution in [-0.4, -0.2) is 30.3 Å². The number of ether oxygens (including phenoxy) is 1. The first-order chi connectivity index (χ1) is 10.3. The molecular formula is C17H24N2OS. The zero-order valence-corrected chi connectivity index (χ0v) is 13.7. The molecule has 1 aromatic heterocycles. The van der Waals surface area contributed by atoms with E-state index in [0.717, 1.165) is 31.5 Å². The number of rotatable bonds is 6. The minimum absolute atomic E-state index is 0.399.